The Morgan fingerprint density at radius 2 is 1.97 bits per heavy atom. The van der Waals surface area contributed by atoms with E-state index in [1.807, 2.05) is 0 Å². The Balaban J connectivity index is 1.57. The number of aliphatic carboxylic acids is 1. The van der Waals surface area contributed by atoms with Gasteiger partial charge in [-0.25, -0.2) is 0 Å². The summed E-state index contributed by atoms with van der Waals surface area (Å²) in [4.78, 5) is 36.5. The summed E-state index contributed by atoms with van der Waals surface area (Å²) in [6.07, 6.45) is 6.65. The number of aliphatic hydroxyl groups is 1. The molecule has 0 heterocycles. The molecule has 2 N–H and O–H groups in total. The molecule has 170 valence electrons. The molecule has 0 spiro atoms. The first-order chi connectivity index (χ1) is 14.6. The van der Waals surface area contributed by atoms with Crippen LogP contribution in [0.1, 0.15) is 65.2 Å². The lowest BCUT2D eigenvalue weighted by molar-refractivity contribution is -0.177. The van der Waals surface area contributed by atoms with Crippen LogP contribution in [0, 0.1) is 46.3 Å². The van der Waals surface area contributed by atoms with E-state index in [-0.39, 0.29) is 65.0 Å². The molecule has 5 aliphatic carbocycles. The Morgan fingerprint density at radius 3 is 2.65 bits per heavy atom. The SMILES string of the molecule is COC(=O)[C@@H]1CC2=CC(=O)CC[C@]2(C)C2CC[C@@]3(C)C(C21)[C@@H]1C[C@@H]1[C@@]3(O)CCC(=O)O. The van der Waals surface area contributed by atoms with Crippen molar-refractivity contribution in [3.05, 3.63) is 11.6 Å². The molecule has 4 saturated carbocycles. The van der Waals surface area contributed by atoms with Gasteiger partial charge in [-0.1, -0.05) is 19.4 Å². The van der Waals surface area contributed by atoms with Gasteiger partial charge in [-0.2, -0.15) is 0 Å². The molecule has 0 aliphatic heterocycles. The zero-order valence-electron chi connectivity index (χ0n) is 18.7. The van der Waals surface area contributed by atoms with E-state index in [2.05, 4.69) is 13.8 Å². The molecule has 0 radical (unpaired) electrons. The Labute approximate surface area is 183 Å². The summed E-state index contributed by atoms with van der Waals surface area (Å²) < 4.78 is 5.25. The van der Waals surface area contributed by atoms with Gasteiger partial charge in [0.25, 0.3) is 0 Å². The van der Waals surface area contributed by atoms with Crippen LogP contribution in [0.5, 0.6) is 0 Å². The summed E-state index contributed by atoms with van der Waals surface area (Å²) >= 11 is 0. The summed E-state index contributed by atoms with van der Waals surface area (Å²) in [5.74, 6) is -0.158. The summed E-state index contributed by atoms with van der Waals surface area (Å²) in [6.45, 7) is 4.42. The zero-order chi connectivity index (χ0) is 22.3. The van der Waals surface area contributed by atoms with Crippen LogP contribution in [-0.4, -0.2) is 40.6 Å². The topological polar surface area (TPSA) is 101 Å². The first kappa shape index (κ1) is 21.2. The Morgan fingerprint density at radius 1 is 1.23 bits per heavy atom. The molecular formula is C25H34O6. The highest BCUT2D eigenvalue weighted by Crippen LogP contribution is 2.78. The van der Waals surface area contributed by atoms with Gasteiger partial charge in [0.1, 0.15) is 0 Å². The largest absolute Gasteiger partial charge is 0.481 e. The number of hydrogen-bond donors (Lipinski definition) is 2. The molecule has 0 amide bonds. The van der Waals surface area contributed by atoms with Gasteiger partial charge in [0.15, 0.2) is 5.78 Å². The number of esters is 1. The fourth-order valence-electron chi connectivity index (χ4n) is 8.83. The molecule has 9 atom stereocenters. The average Bonchev–Trinajstić information content (AvgIpc) is 3.48. The van der Waals surface area contributed by atoms with Crippen LogP contribution in [0.15, 0.2) is 11.6 Å². The molecular weight excluding hydrogens is 396 g/mol. The second-order valence-corrected chi connectivity index (χ2v) is 11.4. The first-order valence-electron chi connectivity index (χ1n) is 11.8. The highest BCUT2D eigenvalue weighted by atomic mass is 16.5. The van der Waals surface area contributed by atoms with Crippen molar-refractivity contribution in [3.8, 4) is 0 Å². The molecule has 0 aromatic rings. The second-order valence-electron chi connectivity index (χ2n) is 11.4. The molecule has 0 saturated heterocycles. The number of methoxy groups -OCH3 is 1. The summed E-state index contributed by atoms with van der Waals surface area (Å²) in [7, 11) is 1.44. The van der Waals surface area contributed by atoms with E-state index in [9.17, 15) is 24.6 Å². The zero-order valence-corrected chi connectivity index (χ0v) is 18.7. The highest BCUT2D eigenvalue weighted by molar-refractivity contribution is 5.92. The van der Waals surface area contributed by atoms with Gasteiger partial charge >= 0.3 is 11.9 Å². The minimum Gasteiger partial charge on any atom is -0.481 e. The van der Waals surface area contributed by atoms with E-state index in [0.29, 0.717) is 18.8 Å². The normalized spacial score (nSPS) is 49.8. The van der Waals surface area contributed by atoms with Gasteiger partial charge in [-0.15, -0.1) is 0 Å². The van der Waals surface area contributed by atoms with E-state index in [0.717, 1.165) is 31.3 Å². The molecule has 0 aromatic heterocycles. The van der Waals surface area contributed by atoms with Gasteiger partial charge in [0.2, 0.25) is 0 Å². The van der Waals surface area contributed by atoms with E-state index in [1.165, 1.54) is 7.11 Å². The van der Waals surface area contributed by atoms with Crippen molar-refractivity contribution in [2.45, 2.75) is 70.8 Å². The number of rotatable bonds is 4. The number of allylic oxidation sites excluding steroid dienone is 1. The van der Waals surface area contributed by atoms with Gasteiger partial charge in [-0.05, 0) is 79.6 Å². The van der Waals surface area contributed by atoms with Gasteiger partial charge in [0, 0.05) is 18.3 Å². The number of carboxylic acid groups (broad SMARTS) is 1. The van der Waals surface area contributed by atoms with Crippen molar-refractivity contribution < 1.29 is 29.3 Å². The lowest BCUT2D eigenvalue weighted by Crippen LogP contribution is -2.59. The van der Waals surface area contributed by atoms with Crippen molar-refractivity contribution in [1.29, 1.82) is 0 Å². The van der Waals surface area contributed by atoms with Crippen LogP contribution in [0.3, 0.4) is 0 Å². The van der Waals surface area contributed by atoms with Gasteiger partial charge < -0.3 is 14.9 Å². The number of carbonyl (C=O) groups excluding carboxylic acids is 2. The van der Waals surface area contributed by atoms with E-state index in [4.69, 9.17) is 4.74 Å². The maximum atomic E-state index is 13.0. The van der Waals surface area contributed by atoms with Crippen LogP contribution in [-0.2, 0) is 19.1 Å². The summed E-state index contributed by atoms with van der Waals surface area (Å²) in [6, 6.07) is 0. The number of ketones is 1. The third kappa shape index (κ3) is 2.69. The maximum Gasteiger partial charge on any atom is 0.309 e. The highest BCUT2D eigenvalue weighted by Gasteiger charge is 2.77. The van der Waals surface area contributed by atoms with Gasteiger partial charge in [-0.3, -0.25) is 14.4 Å². The second kappa shape index (κ2) is 6.66. The quantitative estimate of drug-likeness (QED) is 0.663. The molecule has 3 unspecified atom stereocenters. The van der Waals surface area contributed by atoms with Crippen LogP contribution >= 0.6 is 0 Å². The summed E-state index contributed by atoms with van der Waals surface area (Å²) in [5.41, 5.74) is -0.343. The van der Waals surface area contributed by atoms with E-state index in [1.54, 1.807) is 6.08 Å². The molecule has 0 bridgehead atoms. The Bertz CT molecular complexity index is 877. The lowest BCUT2D eigenvalue weighted by Gasteiger charge is -2.61. The Hall–Kier alpha value is -1.69. The number of carboxylic acids is 1. The van der Waals surface area contributed by atoms with Crippen LogP contribution in [0.25, 0.3) is 0 Å². The number of carbonyl (C=O) groups is 3. The fourth-order valence-corrected chi connectivity index (χ4v) is 8.83. The van der Waals surface area contributed by atoms with E-state index < -0.39 is 11.6 Å². The molecule has 6 heteroatoms. The van der Waals surface area contributed by atoms with Crippen molar-refractivity contribution in [2.24, 2.45) is 46.3 Å². The Kier molecular flexibility index (Phi) is 4.55. The molecule has 31 heavy (non-hydrogen) atoms. The van der Waals surface area contributed by atoms with Crippen molar-refractivity contribution >= 4 is 17.7 Å². The third-order valence-electron chi connectivity index (χ3n) is 10.4. The number of fused-ring (bicyclic) bond motifs is 7. The standard InChI is InChI=1S/C25H34O6/c1-23-7-4-14(26)10-13(23)11-16(22(29)31-3)20-17(23)5-8-24(2)21(20)15-12-18(15)25(24,30)9-6-19(27)28/h10,15-18,20-21,30H,4-9,11-12H2,1-3H3,(H,27,28)/t15-,16-,17?,18+,20?,21?,23+,24+,25+/m1/s1. The number of hydrogen-bond acceptors (Lipinski definition) is 5. The van der Waals surface area contributed by atoms with Gasteiger partial charge in [0.05, 0.1) is 18.6 Å². The van der Waals surface area contributed by atoms with Crippen molar-refractivity contribution in [3.63, 3.8) is 0 Å². The molecule has 5 aliphatic rings. The smallest absolute Gasteiger partial charge is 0.309 e. The van der Waals surface area contributed by atoms with Crippen LogP contribution < -0.4 is 0 Å². The average molecular weight is 431 g/mol. The monoisotopic (exact) mass is 430 g/mol. The molecule has 0 aromatic carbocycles. The van der Waals surface area contributed by atoms with E-state index >= 15 is 0 Å². The molecule has 6 nitrogen and oxygen atoms in total. The fraction of sp³-hybridized carbons (Fsp3) is 0.800. The van der Waals surface area contributed by atoms with Crippen LogP contribution in [0.4, 0.5) is 0 Å². The minimum atomic E-state index is -0.980. The molecule has 4 fully saturated rings. The molecule has 5 rings (SSSR count). The summed E-state index contributed by atoms with van der Waals surface area (Å²) in [5, 5.41) is 21.2. The predicted octanol–water partition coefficient (Wildman–Crippen LogP) is 3.37. The maximum absolute atomic E-state index is 13.0. The van der Waals surface area contributed by atoms with Crippen molar-refractivity contribution in [2.75, 3.05) is 7.11 Å². The lowest BCUT2D eigenvalue weighted by atomic mass is 9.43. The number of ether oxygens (including phenoxy) is 1. The van der Waals surface area contributed by atoms with Crippen LogP contribution in [0.2, 0.25) is 0 Å². The first-order valence-corrected chi connectivity index (χ1v) is 11.8. The third-order valence-corrected chi connectivity index (χ3v) is 10.4. The minimum absolute atomic E-state index is 0.0245. The van der Waals surface area contributed by atoms with Crippen molar-refractivity contribution in [1.82, 2.24) is 0 Å². The predicted molar refractivity (Wildman–Crippen MR) is 112 cm³/mol.